The second kappa shape index (κ2) is 8.68. The van der Waals surface area contributed by atoms with Crippen LogP contribution in [0.15, 0.2) is 97.1 Å². The van der Waals surface area contributed by atoms with Gasteiger partial charge in [0.25, 0.3) is 0 Å². The summed E-state index contributed by atoms with van der Waals surface area (Å²) in [6.45, 7) is 2.03. The Morgan fingerprint density at radius 3 is 2.24 bits per heavy atom. The summed E-state index contributed by atoms with van der Waals surface area (Å²) in [6.07, 6.45) is 0.830. The first-order chi connectivity index (χ1) is 18.0. The number of aryl methyl sites for hydroxylation is 1. The minimum Gasteiger partial charge on any atom is -0.480 e. The number of nitrogens with zero attached hydrogens (tertiary/aromatic N) is 1. The first-order valence-corrected chi connectivity index (χ1v) is 12.5. The number of fused-ring (bicyclic) bond motifs is 2. The van der Waals surface area contributed by atoms with Gasteiger partial charge < -0.3 is 5.11 Å². The highest BCUT2D eigenvalue weighted by molar-refractivity contribution is 6.24. The van der Waals surface area contributed by atoms with Gasteiger partial charge in [0.2, 0.25) is 11.8 Å². The van der Waals surface area contributed by atoms with Crippen molar-refractivity contribution in [3.05, 3.63) is 114 Å². The van der Waals surface area contributed by atoms with E-state index in [1.807, 2.05) is 61.5 Å². The first kappa shape index (κ1) is 23.1. The Hall–Kier alpha value is -4.29. The monoisotopic (exact) mass is 490 g/mol. The molecule has 0 aromatic heterocycles. The highest BCUT2D eigenvalue weighted by atomic mass is 16.4. The van der Waals surface area contributed by atoms with E-state index in [-0.39, 0.29) is 5.91 Å². The van der Waals surface area contributed by atoms with E-state index in [9.17, 15) is 19.5 Å². The maximum atomic E-state index is 14.1. The van der Waals surface area contributed by atoms with Crippen molar-refractivity contribution in [2.45, 2.75) is 24.9 Å². The molecule has 4 unspecified atom stereocenters. The van der Waals surface area contributed by atoms with E-state index in [0.717, 1.165) is 28.3 Å². The largest absolute Gasteiger partial charge is 0.480 e. The van der Waals surface area contributed by atoms with E-state index in [2.05, 4.69) is 5.32 Å². The SMILES string of the molecule is CCc1ccc(N2C(=O)C3C(c4cccc5ccccc45)NC(C(=O)O)(c4ccccc4)C3C2=O)cc1. The van der Waals surface area contributed by atoms with Crippen molar-refractivity contribution in [3.8, 4) is 0 Å². The number of anilines is 1. The van der Waals surface area contributed by atoms with E-state index < -0.39 is 35.3 Å². The third-order valence-corrected chi connectivity index (χ3v) is 7.89. The minimum atomic E-state index is -1.77. The van der Waals surface area contributed by atoms with Crippen LogP contribution >= 0.6 is 0 Å². The molecular formula is C31H26N2O4. The normalized spacial score (nSPS) is 25.0. The van der Waals surface area contributed by atoms with E-state index >= 15 is 0 Å². The lowest BCUT2D eigenvalue weighted by molar-refractivity contribution is -0.149. The number of imide groups is 1. The zero-order chi connectivity index (χ0) is 25.7. The molecule has 184 valence electrons. The first-order valence-electron chi connectivity index (χ1n) is 12.5. The Balaban J connectivity index is 1.57. The van der Waals surface area contributed by atoms with Crippen molar-refractivity contribution >= 4 is 34.2 Å². The molecule has 4 atom stereocenters. The highest BCUT2D eigenvalue weighted by Gasteiger charge is 2.69. The highest BCUT2D eigenvalue weighted by Crippen LogP contribution is 2.54. The Bertz CT molecular complexity index is 1530. The number of carboxylic acid groups (broad SMARTS) is 1. The number of aliphatic carboxylic acids is 1. The van der Waals surface area contributed by atoms with Gasteiger partial charge in [-0.3, -0.25) is 14.9 Å². The summed E-state index contributed by atoms with van der Waals surface area (Å²) in [6, 6.07) is 29.0. The molecule has 0 aliphatic carbocycles. The van der Waals surface area contributed by atoms with Gasteiger partial charge in [-0.2, -0.15) is 0 Å². The number of carbonyl (C=O) groups excluding carboxylic acids is 2. The van der Waals surface area contributed by atoms with Crippen LogP contribution in [-0.4, -0.2) is 22.9 Å². The molecule has 2 aliphatic heterocycles. The topological polar surface area (TPSA) is 86.7 Å². The van der Waals surface area contributed by atoms with Gasteiger partial charge in [0.1, 0.15) is 0 Å². The van der Waals surface area contributed by atoms with Crippen molar-refractivity contribution in [1.82, 2.24) is 5.32 Å². The van der Waals surface area contributed by atoms with Gasteiger partial charge >= 0.3 is 5.97 Å². The Kier molecular flexibility index (Phi) is 5.42. The van der Waals surface area contributed by atoms with Crippen LogP contribution in [0.1, 0.15) is 29.7 Å². The smallest absolute Gasteiger partial charge is 0.329 e. The van der Waals surface area contributed by atoms with Crippen molar-refractivity contribution in [3.63, 3.8) is 0 Å². The molecule has 2 aliphatic rings. The lowest BCUT2D eigenvalue weighted by Gasteiger charge is -2.32. The van der Waals surface area contributed by atoms with Gasteiger partial charge in [-0.15, -0.1) is 0 Å². The van der Waals surface area contributed by atoms with E-state index in [1.165, 1.54) is 4.90 Å². The van der Waals surface area contributed by atoms with Gasteiger partial charge in [0.15, 0.2) is 5.54 Å². The molecule has 4 aromatic carbocycles. The Morgan fingerprint density at radius 1 is 0.865 bits per heavy atom. The number of benzene rings is 4. The zero-order valence-corrected chi connectivity index (χ0v) is 20.3. The van der Waals surface area contributed by atoms with Gasteiger partial charge in [0.05, 0.1) is 17.5 Å². The molecule has 2 amide bonds. The maximum absolute atomic E-state index is 14.1. The third-order valence-electron chi connectivity index (χ3n) is 7.89. The molecule has 2 fully saturated rings. The lowest BCUT2D eigenvalue weighted by Crippen LogP contribution is -2.53. The van der Waals surface area contributed by atoms with Crippen LogP contribution in [-0.2, 0) is 26.3 Å². The molecule has 6 rings (SSSR count). The van der Waals surface area contributed by atoms with E-state index in [1.54, 1.807) is 42.5 Å². The number of amides is 2. The third kappa shape index (κ3) is 3.33. The maximum Gasteiger partial charge on any atom is 0.329 e. The lowest BCUT2D eigenvalue weighted by atomic mass is 9.75. The molecule has 0 spiro atoms. The summed E-state index contributed by atoms with van der Waals surface area (Å²) in [5, 5.41) is 15.9. The molecule has 0 radical (unpaired) electrons. The zero-order valence-electron chi connectivity index (χ0n) is 20.3. The molecule has 2 heterocycles. The van der Waals surface area contributed by atoms with Crippen molar-refractivity contribution in [2.75, 3.05) is 4.90 Å². The van der Waals surface area contributed by atoms with Crippen LogP contribution in [0.25, 0.3) is 10.8 Å². The van der Waals surface area contributed by atoms with Crippen LogP contribution in [0, 0.1) is 11.8 Å². The second-order valence-corrected chi connectivity index (χ2v) is 9.70. The van der Waals surface area contributed by atoms with Crippen LogP contribution in [0.4, 0.5) is 5.69 Å². The predicted molar refractivity (Wildman–Crippen MR) is 141 cm³/mol. The Labute approximate surface area is 214 Å². The van der Waals surface area contributed by atoms with Gasteiger partial charge in [-0.25, -0.2) is 9.69 Å². The Morgan fingerprint density at radius 2 is 1.54 bits per heavy atom. The molecule has 0 saturated carbocycles. The number of carbonyl (C=O) groups is 3. The van der Waals surface area contributed by atoms with E-state index in [4.69, 9.17) is 0 Å². The van der Waals surface area contributed by atoms with Gasteiger partial charge in [-0.1, -0.05) is 91.9 Å². The summed E-state index contributed by atoms with van der Waals surface area (Å²) < 4.78 is 0. The summed E-state index contributed by atoms with van der Waals surface area (Å²) in [5.74, 6) is -4.07. The summed E-state index contributed by atoms with van der Waals surface area (Å²) in [5.41, 5.74) is 1.03. The quantitative estimate of drug-likeness (QED) is 0.391. The molecule has 6 nitrogen and oxygen atoms in total. The van der Waals surface area contributed by atoms with Crippen LogP contribution in [0.2, 0.25) is 0 Å². The molecule has 37 heavy (non-hydrogen) atoms. The van der Waals surface area contributed by atoms with E-state index in [0.29, 0.717) is 11.3 Å². The number of hydrogen-bond donors (Lipinski definition) is 2. The number of nitrogens with one attached hydrogen (secondary N) is 1. The van der Waals surface area contributed by atoms with Gasteiger partial charge in [0, 0.05) is 6.04 Å². The summed E-state index contributed by atoms with van der Waals surface area (Å²) in [4.78, 5) is 42.5. The average Bonchev–Trinajstić information content (AvgIpc) is 3.43. The molecule has 6 heteroatoms. The predicted octanol–water partition coefficient (Wildman–Crippen LogP) is 4.83. The molecule has 0 bridgehead atoms. The average molecular weight is 491 g/mol. The second-order valence-electron chi connectivity index (χ2n) is 9.70. The number of hydrogen-bond acceptors (Lipinski definition) is 4. The molecule has 2 N–H and O–H groups in total. The standard InChI is InChI=1S/C31H26N2O4/c1-2-19-15-17-22(18-16-19)33-28(34)25-26(29(33)35)31(30(36)37,21-11-4-3-5-12-21)32-27(25)24-14-8-10-20-9-6-7-13-23(20)24/h3-18,25-27,32H,2H2,1H3,(H,36,37). The number of carboxylic acids is 1. The van der Waals surface area contributed by atoms with Gasteiger partial charge in [-0.05, 0) is 46.0 Å². The fraction of sp³-hybridized carbons (Fsp3) is 0.194. The van der Waals surface area contributed by atoms with Crippen molar-refractivity contribution in [1.29, 1.82) is 0 Å². The fourth-order valence-electron chi connectivity index (χ4n) is 6.12. The number of rotatable bonds is 5. The van der Waals surface area contributed by atoms with Crippen molar-refractivity contribution < 1.29 is 19.5 Å². The van der Waals surface area contributed by atoms with Crippen LogP contribution < -0.4 is 10.2 Å². The fourth-order valence-corrected chi connectivity index (χ4v) is 6.12. The van der Waals surface area contributed by atoms with Crippen molar-refractivity contribution in [2.24, 2.45) is 11.8 Å². The van der Waals surface area contributed by atoms with Crippen LogP contribution in [0.3, 0.4) is 0 Å². The summed E-state index contributed by atoms with van der Waals surface area (Å²) in [7, 11) is 0. The minimum absolute atomic E-state index is 0.385. The molecule has 2 saturated heterocycles. The molecule has 4 aromatic rings. The van der Waals surface area contributed by atoms with Crippen LogP contribution in [0.5, 0.6) is 0 Å². The summed E-state index contributed by atoms with van der Waals surface area (Å²) >= 11 is 0. The molecular weight excluding hydrogens is 464 g/mol.